The second-order valence-electron chi connectivity index (χ2n) is 4.84. The van der Waals surface area contributed by atoms with E-state index in [1.54, 1.807) is 0 Å². The van der Waals surface area contributed by atoms with Crippen molar-refractivity contribution in [2.45, 2.75) is 58.3 Å². The van der Waals surface area contributed by atoms with Crippen molar-refractivity contribution in [1.29, 1.82) is 0 Å². The molecule has 0 spiro atoms. The van der Waals surface area contributed by atoms with E-state index in [4.69, 9.17) is 0 Å². The first kappa shape index (κ1) is 14.8. The van der Waals surface area contributed by atoms with Crippen LogP contribution in [0.5, 0.6) is 0 Å². The van der Waals surface area contributed by atoms with E-state index in [1.165, 1.54) is 67.8 Å². The fraction of sp³-hybridized carbons (Fsp3) is 0.625. The average Bonchev–Trinajstić information content (AvgIpc) is 2.35. The van der Waals surface area contributed by atoms with Crippen LogP contribution >= 0.6 is 15.9 Å². The minimum atomic E-state index is 1.17. The summed E-state index contributed by atoms with van der Waals surface area (Å²) in [7, 11) is 0. The van der Waals surface area contributed by atoms with Gasteiger partial charge in [0.1, 0.15) is 0 Å². The van der Waals surface area contributed by atoms with Gasteiger partial charge in [-0.15, -0.1) is 0 Å². The van der Waals surface area contributed by atoms with Gasteiger partial charge in [0.05, 0.1) is 0 Å². The molecular weight excluding hydrogens is 272 g/mol. The molecule has 1 aromatic carbocycles. The molecular formula is C16H25Br. The summed E-state index contributed by atoms with van der Waals surface area (Å²) in [6, 6.07) is 8.77. The summed E-state index contributed by atoms with van der Waals surface area (Å²) in [6.07, 6.45) is 11.0. The van der Waals surface area contributed by atoms with Crippen molar-refractivity contribution in [3.63, 3.8) is 0 Å². The Labute approximate surface area is 115 Å². The minimum Gasteiger partial charge on any atom is -0.0928 e. The van der Waals surface area contributed by atoms with Gasteiger partial charge in [0.25, 0.3) is 0 Å². The summed E-state index contributed by atoms with van der Waals surface area (Å²) in [4.78, 5) is 0. The second kappa shape index (κ2) is 9.70. The molecule has 96 valence electrons. The van der Waals surface area contributed by atoms with E-state index >= 15 is 0 Å². The van der Waals surface area contributed by atoms with Gasteiger partial charge >= 0.3 is 0 Å². The van der Waals surface area contributed by atoms with E-state index < -0.39 is 0 Å². The lowest BCUT2D eigenvalue weighted by molar-refractivity contribution is 0.591. The number of benzene rings is 1. The van der Waals surface area contributed by atoms with Gasteiger partial charge in [-0.25, -0.2) is 0 Å². The van der Waals surface area contributed by atoms with Crippen molar-refractivity contribution in [2.24, 2.45) is 0 Å². The molecule has 0 atom stereocenters. The molecule has 0 aliphatic rings. The standard InChI is InChI=1S/C16H25Br/c1-15-11-8-9-13-16(15)12-7-5-3-2-4-6-10-14-17/h8-9,11,13H,2-7,10,12,14H2,1H3. The summed E-state index contributed by atoms with van der Waals surface area (Å²) in [6.45, 7) is 2.22. The lowest BCUT2D eigenvalue weighted by Gasteiger charge is -2.05. The molecule has 1 rings (SSSR count). The van der Waals surface area contributed by atoms with Crippen LogP contribution in [0.15, 0.2) is 24.3 Å². The van der Waals surface area contributed by atoms with Crippen LogP contribution in [0.1, 0.15) is 56.1 Å². The summed E-state index contributed by atoms with van der Waals surface area (Å²) in [5, 5.41) is 1.17. The maximum atomic E-state index is 3.48. The Hall–Kier alpha value is -0.300. The highest BCUT2D eigenvalue weighted by Crippen LogP contribution is 2.13. The number of rotatable bonds is 9. The molecule has 0 aromatic heterocycles. The largest absolute Gasteiger partial charge is 0.0928 e. The van der Waals surface area contributed by atoms with Crippen LogP contribution in [0.4, 0.5) is 0 Å². The fourth-order valence-electron chi connectivity index (χ4n) is 2.18. The van der Waals surface area contributed by atoms with Crippen molar-refractivity contribution < 1.29 is 0 Å². The molecule has 1 aromatic rings. The predicted molar refractivity (Wildman–Crippen MR) is 81.0 cm³/mol. The van der Waals surface area contributed by atoms with E-state index in [0.29, 0.717) is 0 Å². The van der Waals surface area contributed by atoms with Gasteiger partial charge in [0, 0.05) is 5.33 Å². The molecule has 0 amide bonds. The zero-order valence-electron chi connectivity index (χ0n) is 11.1. The second-order valence-corrected chi connectivity index (χ2v) is 5.63. The smallest absolute Gasteiger partial charge is 0.00313 e. The zero-order chi connectivity index (χ0) is 12.3. The molecule has 0 N–H and O–H groups in total. The summed E-state index contributed by atoms with van der Waals surface area (Å²) in [5.74, 6) is 0. The Balaban J connectivity index is 1.99. The van der Waals surface area contributed by atoms with Crippen LogP contribution in [0.25, 0.3) is 0 Å². The third kappa shape index (κ3) is 6.88. The number of aryl methyl sites for hydroxylation is 2. The first-order valence-corrected chi connectivity index (χ1v) is 8.07. The molecule has 0 aliphatic heterocycles. The molecule has 1 heteroatoms. The van der Waals surface area contributed by atoms with E-state index in [2.05, 4.69) is 47.1 Å². The Morgan fingerprint density at radius 1 is 0.824 bits per heavy atom. The fourth-order valence-corrected chi connectivity index (χ4v) is 2.58. The highest BCUT2D eigenvalue weighted by Gasteiger charge is 1.97. The van der Waals surface area contributed by atoms with Crippen LogP contribution in [-0.2, 0) is 6.42 Å². The Bertz CT molecular complexity index is 293. The van der Waals surface area contributed by atoms with Crippen LogP contribution in [0.2, 0.25) is 0 Å². The lowest BCUT2D eigenvalue weighted by Crippen LogP contribution is -1.89. The third-order valence-electron chi connectivity index (χ3n) is 3.34. The van der Waals surface area contributed by atoms with E-state index in [-0.39, 0.29) is 0 Å². The van der Waals surface area contributed by atoms with Gasteiger partial charge in [-0.1, -0.05) is 72.3 Å². The summed E-state index contributed by atoms with van der Waals surface area (Å²) in [5.41, 5.74) is 2.98. The maximum absolute atomic E-state index is 3.48. The monoisotopic (exact) mass is 296 g/mol. The Kier molecular flexibility index (Phi) is 8.42. The lowest BCUT2D eigenvalue weighted by atomic mass is 10.0. The van der Waals surface area contributed by atoms with E-state index in [1.807, 2.05) is 0 Å². The van der Waals surface area contributed by atoms with Gasteiger partial charge in [-0.3, -0.25) is 0 Å². The van der Waals surface area contributed by atoms with Crippen molar-refractivity contribution in [3.8, 4) is 0 Å². The first-order chi connectivity index (χ1) is 8.34. The number of unbranched alkanes of at least 4 members (excludes halogenated alkanes) is 6. The quantitative estimate of drug-likeness (QED) is 0.407. The number of hydrogen-bond donors (Lipinski definition) is 0. The molecule has 0 saturated heterocycles. The van der Waals surface area contributed by atoms with E-state index in [9.17, 15) is 0 Å². The summed E-state index contributed by atoms with van der Waals surface area (Å²) >= 11 is 3.48. The number of halogens is 1. The van der Waals surface area contributed by atoms with Crippen LogP contribution in [0, 0.1) is 6.92 Å². The van der Waals surface area contributed by atoms with Crippen LogP contribution in [-0.4, -0.2) is 5.33 Å². The van der Waals surface area contributed by atoms with Gasteiger partial charge in [-0.2, -0.15) is 0 Å². The molecule has 0 nitrogen and oxygen atoms in total. The van der Waals surface area contributed by atoms with Gasteiger partial charge in [0.15, 0.2) is 0 Å². The van der Waals surface area contributed by atoms with Gasteiger partial charge in [-0.05, 0) is 37.3 Å². The van der Waals surface area contributed by atoms with E-state index in [0.717, 1.165) is 0 Å². The molecule has 0 fully saturated rings. The molecule has 17 heavy (non-hydrogen) atoms. The van der Waals surface area contributed by atoms with Crippen LogP contribution < -0.4 is 0 Å². The summed E-state index contributed by atoms with van der Waals surface area (Å²) < 4.78 is 0. The normalized spacial score (nSPS) is 10.7. The maximum Gasteiger partial charge on any atom is 0.00313 e. The van der Waals surface area contributed by atoms with Crippen molar-refractivity contribution in [2.75, 3.05) is 5.33 Å². The zero-order valence-corrected chi connectivity index (χ0v) is 12.6. The third-order valence-corrected chi connectivity index (χ3v) is 3.90. The highest BCUT2D eigenvalue weighted by molar-refractivity contribution is 9.09. The first-order valence-electron chi connectivity index (χ1n) is 6.95. The molecule has 0 heterocycles. The van der Waals surface area contributed by atoms with Crippen molar-refractivity contribution in [3.05, 3.63) is 35.4 Å². The molecule has 0 bridgehead atoms. The predicted octanol–water partition coefficient (Wildman–Crippen LogP) is 5.66. The van der Waals surface area contributed by atoms with Crippen molar-refractivity contribution >= 4 is 15.9 Å². The van der Waals surface area contributed by atoms with Crippen LogP contribution in [0.3, 0.4) is 0 Å². The highest BCUT2D eigenvalue weighted by atomic mass is 79.9. The molecule has 0 radical (unpaired) electrons. The molecule has 0 unspecified atom stereocenters. The molecule has 0 saturated carbocycles. The Morgan fingerprint density at radius 3 is 2.06 bits per heavy atom. The van der Waals surface area contributed by atoms with Gasteiger partial charge in [0.2, 0.25) is 0 Å². The Morgan fingerprint density at radius 2 is 1.41 bits per heavy atom. The average molecular weight is 297 g/mol. The minimum absolute atomic E-state index is 1.17. The van der Waals surface area contributed by atoms with Gasteiger partial charge < -0.3 is 0 Å². The molecule has 0 aliphatic carbocycles. The number of hydrogen-bond acceptors (Lipinski definition) is 0. The van der Waals surface area contributed by atoms with Crippen molar-refractivity contribution in [1.82, 2.24) is 0 Å². The number of alkyl halides is 1. The topological polar surface area (TPSA) is 0 Å². The SMILES string of the molecule is Cc1ccccc1CCCCCCCCCBr.